The molecule has 3 nitrogen and oxygen atoms in total. The van der Waals surface area contributed by atoms with Gasteiger partial charge in [-0.05, 0) is 25.1 Å². The van der Waals surface area contributed by atoms with E-state index in [1.807, 2.05) is 25.1 Å². The SMILES string of the molecule is C=C(OCC)c1ccc(OC)c(CN)c1. The fourth-order valence-corrected chi connectivity index (χ4v) is 1.37. The molecule has 0 amide bonds. The van der Waals surface area contributed by atoms with Crippen LogP contribution in [0.4, 0.5) is 0 Å². The van der Waals surface area contributed by atoms with Crippen LogP contribution in [0.3, 0.4) is 0 Å². The Morgan fingerprint density at radius 1 is 1.47 bits per heavy atom. The Morgan fingerprint density at radius 2 is 2.20 bits per heavy atom. The molecule has 0 atom stereocenters. The Bertz CT molecular complexity index is 347. The van der Waals surface area contributed by atoms with Crippen LogP contribution in [0.1, 0.15) is 18.1 Å². The van der Waals surface area contributed by atoms with Gasteiger partial charge in [0.15, 0.2) is 0 Å². The van der Waals surface area contributed by atoms with Crippen LogP contribution >= 0.6 is 0 Å². The van der Waals surface area contributed by atoms with Gasteiger partial charge in [-0.25, -0.2) is 0 Å². The lowest BCUT2D eigenvalue weighted by Gasteiger charge is -2.11. The number of hydrogen-bond acceptors (Lipinski definition) is 3. The number of ether oxygens (including phenoxy) is 2. The van der Waals surface area contributed by atoms with Gasteiger partial charge in [0.1, 0.15) is 11.5 Å². The van der Waals surface area contributed by atoms with Crippen LogP contribution < -0.4 is 10.5 Å². The highest BCUT2D eigenvalue weighted by atomic mass is 16.5. The summed E-state index contributed by atoms with van der Waals surface area (Å²) in [5, 5.41) is 0. The zero-order valence-corrected chi connectivity index (χ0v) is 9.25. The molecule has 3 heteroatoms. The van der Waals surface area contributed by atoms with E-state index in [-0.39, 0.29) is 0 Å². The van der Waals surface area contributed by atoms with Gasteiger partial charge in [-0.1, -0.05) is 6.58 Å². The lowest BCUT2D eigenvalue weighted by molar-refractivity contribution is 0.299. The minimum absolute atomic E-state index is 0.441. The second kappa shape index (κ2) is 5.41. The highest BCUT2D eigenvalue weighted by Gasteiger charge is 2.05. The van der Waals surface area contributed by atoms with Gasteiger partial charge in [0.2, 0.25) is 0 Å². The molecule has 0 bridgehead atoms. The van der Waals surface area contributed by atoms with E-state index in [1.165, 1.54) is 0 Å². The van der Waals surface area contributed by atoms with Crippen molar-refractivity contribution in [2.45, 2.75) is 13.5 Å². The fraction of sp³-hybridized carbons (Fsp3) is 0.333. The minimum atomic E-state index is 0.441. The van der Waals surface area contributed by atoms with Gasteiger partial charge >= 0.3 is 0 Å². The molecule has 0 aliphatic heterocycles. The highest BCUT2D eigenvalue weighted by Crippen LogP contribution is 2.23. The molecule has 0 radical (unpaired) electrons. The van der Waals surface area contributed by atoms with Crippen molar-refractivity contribution in [1.82, 2.24) is 0 Å². The molecule has 0 heterocycles. The van der Waals surface area contributed by atoms with E-state index >= 15 is 0 Å². The van der Waals surface area contributed by atoms with E-state index in [2.05, 4.69) is 6.58 Å². The first-order chi connectivity index (χ1) is 7.22. The molecule has 0 saturated heterocycles. The lowest BCUT2D eigenvalue weighted by Crippen LogP contribution is -2.01. The van der Waals surface area contributed by atoms with Gasteiger partial charge in [-0.2, -0.15) is 0 Å². The van der Waals surface area contributed by atoms with Crippen molar-refractivity contribution in [3.05, 3.63) is 35.9 Å². The zero-order chi connectivity index (χ0) is 11.3. The Kier molecular flexibility index (Phi) is 4.18. The van der Waals surface area contributed by atoms with Crippen LogP contribution in [0.25, 0.3) is 5.76 Å². The van der Waals surface area contributed by atoms with Crippen LogP contribution in [0.2, 0.25) is 0 Å². The maximum absolute atomic E-state index is 5.62. The third kappa shape index (κ3) is 2.73. The fourth-order valence-electron chi connectivity index (χ4n) is 1.37. The van der Waals surface area contributed by atoms with E-state index in [1.54, 1.807) is 7.11 Å². The zero-order valence-electron chi connectivity index (χ0n) is 9.25. The Hall–Kier alpha value is -1.48. The van der Waals surface area contributed by atoms with E-state index < -0.39 is 0 Å². The minimum Gasteiger partial charge on any atom is -0.496 e. The van der Waals surface area contributed by atoms with Gasteiger partial charge in [-0.3, -0.25) is 0 Å². The number of methoxy groups -OCH3 is 1. The molecule has 0 saturated carbocycles. The van der Waals surface area contributed by atoms with Gasteiger partial charge in [0, 0.05) is 17.7 Å². The van der Waals surface area contributed by atoms with Crippen LogP contribution in [0.15, 0.2) is 24.8 Å². The summed E-state index contributed by atoms with van der Waals surface area (Å²) in [5.41, 5.74) is 7.52. The predicted molar refractivity (Wildman–Crippen MR) is 61.5 cm³/mol. The third-order valence-corrected chi connectivity index (χ3v) is 2.14. The van der Waals surface area contributed by atoms with Crippen molar-refractivity contribution < 1.29 is 9.47 Å². The van der Waals surface area contributed by atoms with Crippen LogP contribution in [-0.2, 0) is 11.3 Å². The Balaban J connectivity index is 2.97. The van der Waals surface area contributed by atoms with Crippen molar-refractivity contribution in [2.75, 3.05) is 13.7 Å². The van der Waals surface area contributed by atoms with E-state index in [4.69, 9.17) is 15.2 Å². The summed E-state index contributed by atoms with van der Waals surface area (Å²) in [4.78, 5) is 0. The normalized spacial score (nSPS) is 9.80. The summed E-state index contributed by atoms with van der Waals surface area (Å²) in [6.45, 7) is 6.83. The van der Waals surface area contributed by atoms with Gasteiger partial charge in [0.25, 0.3) is 0 Å². The average Bonchev–Trinajstić information content (AvgIpc) is 2.28. The monoisotopic (exact) mass is 207 g/mol. The summed E-state index contributed by atoms with van der Waals surface area (Å²) < 4.78 is 10.5. The Labute approximate surface area is 90.5 Å². The molecule has 0 unspecified atom stereocenters. The molecule has 82 valence electrons. The molecular formula is C12H17NO2. The first kappa shape index (κ1) is 11.6. The quantitative estimate of drug-likeness (QED) is 0.752. The van der Waals surface area contributed by atoms with Crippen LogP contribution in [0.5, 0.6) is 5.75 Å². The van der Waals surface area contributed by atoms with Crippen molar-refractivity contribution in [3.8, 4) is 5.75 Å². The molecule has 0 aliphatic carbocycles. The van der Waals surface area contributed by atoms with E-state index in [9.17, 15) is 0 Å². The molecule has 1 rings (SSSR count). The first-order valence-electron chi connectivity index (χ1n) is 4.92. The lowest BCUT2D eigenvalue weighted by atomic mass is 10.1. The maximum Gasteiger partial charge on any atom is 0.123 e. The molecule has 1 aromatic carbocycles. The maximum atomic E-state index is 5.62. The highest BCUT2D eigenvalue weighted by molar-refractivity contribution is 5.60. The standard InChI is InChI=1S/C12H17NO2/c1-4-15-9(2)10-5-6-12(14-3)11(7-10)8-13/h5-7H,2,4,8,13H2,1,3H3. The molecule has 15 heavy (non-hydrogen) atoms. The van der Waals surface area contributed by atoms with E-state index in [0.717, 1.165) is 16.9 Å². The van der Waals surface area contributed by atoms with Crippen molar-refractivity contribution in [2.24, 2.45) is 5.73 Å². The molecule has 0 aromatic heterocycles. The first-order valence-corrected chi connectivity index (χ1v) is 4.92. The second-order valence-electron chi connectivity index (χ2n) is 3.09. The molecule has 0 spiro atoms. The second-order valence-corrected chi connectivity index (χ2v) is 3.09. The van der Waals surface area contributed by atoms with Crippen molar-refractivity contribution >= 4 is 5.76 Å². The Morgan fingerprint density at radius 3 is 2.73 bits per heavy atom. The summed E-state index contributed by atoms with van der Waals surface area (Å²) in [7, 11) is 1.63. The number of nitrogens with two attached hydrogens (primary N) is 1. The largest absolute Gasteiger partial charge is 0.496 e. The number of benzene rings is 1. The summed E-state index contributed by atoms with van der Waals surface area (Å²) >= 11 is 0. The third-order valence-electron chi connectivity index (χ3n) is 2.14. The van der Waals surface area contributed by atoms with Gasteiger partial charge < -0.3 is 15.2 Å². The van der Waals surface area contributed by atoms with Crippen LogP contribution in [0, 0.1) is 0 Å². The summed E-state index contributed by atoms with van der Waals surface area (Å²) in [6, 6.07) is 5.73. The van der Waals surface area contributed by atoms with Gasteiger partial charge in [0.05, 0.1) is 13.7 Å². The van der Waals surface area contributed by atoms with Crippen molar-refractivity contribution in [3.63, 3.8) is 0 Å². The number of hydrogen-bond donors (Lipinski definition) is 1. The topological polar surface area (TPSA) is 44.5 Å². The molecule has 0 fully saturated rings. The molecule has 1 aromatic rings. The summed E-state index contributed by atoms with van der Waals surface area (Å²) in [6.07, 6.45) is 0. The van der Waals surface area contributed by atoms with Gasteiger partial charge in [-0.15, -0.1) is 0 Å². The molecule has 2 N–H and O–H groups in total. The molecule has 0 aliphatic rings. The molecular weight excluding hydrogens is 190 g/mol. The number of rotatable bonds is 5. The summed E-state index contributed by atoms with van der Waals surface area (Å²) in [5.74, 6) is 1.46. The average molecular weight is 207 g/mol. The predicted octanol–water partition coefficient (Wildman–Crippen LogP) is 2.16. The smallest absolute Gasteiger partial charge is 0.123 e. The van der Waals surface area contributed by atoms with E-state index in [0.29, 0.717) is 18.9 Å². The van der Waals surface area contributed by atoms with Crippen LogP contribution in [-0.4, -0.2) is 13.7 Å². The van der Waals surface area contributed by atoms with Crippen molar-refractivity contribution in [1.29, 1.82) is 0 Å².